The van der Waals surface area contributed by atoms with Gasteiger partial charge >= 0.3 is 0 Å². The molecule has 0 radical (unpaired) electrons. The fraction of sp³-hybridized carbons (Fsp3) is 0.450. The molecule has 2 heterocycles. The van der Waals surface area contributed by atoms with Gasteiger partial charge in [-0.25, -0.2) is 4.68 Å². The monoisotopic (exact) mass is 368 g/mol. The van der Waals surface area contributed by atoms with Gasteiger partial charge < -0.3 is 5.32 Å². The van der Waals surface area contributed by atoms with Crippen LogP contribution in [0.1, 0.15) is 51.6 Å². The van der Waals surface area contributed by atoms with Crippen molar-refractivity contribution in [1.82, 2.24) is 14.8 Å². The number of fused-ring (bicyclic) bond motifs is 1. The van der Waals surface area contributed by atoms with Crippen molar-refractivity contribution in [1.29, 1.82) is 0 Å². The Morgan fingerprint density at radius 2 is 2.04 bits per heavy atom. The average molecular weight is 369 g/mol. The van der Waals surface area contributed by atoms with Crippen LogP contribution in [0, 0.1) is 5.41 Å². The fourth-order valence-electron chi connectivity index (χ4n) is 3.79. The van der Waals surface area contributed by atoms with E-state index in [1.165, 1.54) is 0 Å². The van der Waals surface area contributed by atoms with Crippen LogP contribution in [0.5, 0.6) is 0 Å². The van der Waals surface area contributed by atoms with Crippen molar-refractivity contribution in [2.45, 2.75) is 51.2 Å². The molecule has 1 unspecified atom stereocenters. The van der Waals surface area contributed by atoms with E-state index >= 15 is 0 Å². The number of benzene rings is 1. The van der Waals surface area contributed by atoms with Crippen molar-refractivity contribution >= 4 is 23.5 Å². The number of hydrogen-bond acceptors (Lipinski definition) is 5. The molecule has 1 aliphatic carbocycles. The molecule has 4 rings (SSSR count). The van der Waals surface area contributed by atoms with Crippen molar-refractivity contribution < 1.29 is 4.79 Å². The Bertz CT molecular complexity index is 869. The van der Waals surface area contributed by atoms with Crippen molar-refractivity contribution in [3.63, 3.8) is 0 Å². The lowest BCUT2D eigenvalue weighted by molar-refractivity contribution is -0.118. The van der Waals surface area contributed by atoms with E-state index in [2.05, 4.69) is 43.2 Å². The zero-order valence-electron chi connectivity index (χ0n) is 15.5. The Kier molecular flexibility index (Phi) is 4.39. The highest BCUT2D eigenvalue weighted by Crippen LogP contribution is 2.45. The van der Waals surface area contributed by atoms with Crippen molar-refractivity contribution in [2.24, 2.45) is 5.41 Å². The second kappa shape index (κ2) is 6.58. The van der Waals surface area contributed by atoms with Crippen LogP contribution in [-0.2, 0) is 4.79 Å². The molecular weight excluding hydrogens is 344 g/mol. The minimum absolute atomic E-state index is 0.0356. The molecule has 1 aliphatic heterocycles. The molecule has 2 aliphatic rings. The van der Waals surface area contributed by atoms with E-state index in [-0.39, 0.29) is 17.2 Å². The van der Waals surface area contributed by atoms with Gasteiger partial charge in [0.05, 0.1) is 0 Å². The first-order valence-electron chi connectivity index (χ1n) is 9.16. The highest BCUT2D eigenvalue weighted by atomic mass is 32.2. The molecule has 0 saturated heterocycles. The number of ketones is 1. The summed E-state index contributed by atoms with van der Waals surface area (Å²) >= 11 is 1.66. The number of thioether (sulfide) groups is 1. The van der Waals surface area contributed by atoms with Gasteiger partial charge in [0.25, 0.3) is 0 Å². The summed E-state index contributed by atoms with van der Waals surface area (Å²) in [5, 5.41) is 8.91. The normalized spacial score (nSPS) is 21.2. The van der Waals surface area contributed by atoms with Gasteiger partial charge in [-0.1, -0.05) is 62.9 Å². The average Bonchev–Trinajstić information content (AvgIpc) is 3.00. The third-order valence-electron chi connectivity index (χ3n) is 4.86. The summed E-state index contributed by atoms with van der Waals surface area (Å²) in [5.74, 6) is 1.93. The summed E-state index contributed by atoms with van der Waals surface area (Å²) in [6, 6.07) is 9.96. The van der Waals surface area contributed by atoms with Crippen LogP contribution in [0.15, 0.2) is 46.8 Å². The van der Waals surface area contributed by atoms with Crippen molar-refractivity contribution in [3.05, 3.63) is 47.2 Å². The van der Waals surface area contributed by atoms with Crippen LogP contribution in [0.3, 0.4) is 0 Å². The molecule has 1 atom stereocenters. The first-order chi connectivity index (χ1) is 12.5. The molecule has 1 N–H and O–H groups in total. The lowest BCUT2D eigenvalue weighted by atomic mass is 9.73. The maximum absolute atomic E-state index is 13.1. The molecule has 5 nitrogen and oxygen atoms in total. The summed E-state index contributed by atoms with van der Waals surface area (Å²) in [4.78, 5) is 17.7. The molecule has 2 aromatic rings. The van der Waals surface area contributed by atoms with Gasteiger partial charge in [0.15, 0.2) is 5.78 Å². The Morgan fingerprint density at radius 3 is 2.77 bits per heavy atom. The number of aromatic nitrogens is 3. The molecule has 26 heavy (non-hydrogen) atoms. The van der Waals surface area contributed by atoms with E-state index in [4.69, 9.17) is 5.10 Å². The van der Waals surface area contributed by atoms with E-state index in [1.54, 1.807) is 11.8 Å². The molecule has 6 heteroatoms. The summed E-state index contributed by atoms with van der Waals surface area (Å²) < 4.78 is 1.89. The number of nitrogens with one attached hydrogen (secondary N) is 1. The lowest BCUT2D eigenvalue weighted by Crippen LogP contribution is -2.36. The Morgan fingerprint density at radius 1 is 1.27 bits per heavy atom. The molecule has 136 valence electrons. The number of anilines is 1. The van der Waals surface area contributed by atoms with Crippen LogP contribution in [0.2, 0.25) is 0 Å². The second-order valence-electron chi connectivity index (χ2n) is 7.78. The standard InChI is InChI=1S/C20H24N4OS/c1-4-10-26-19-22-18-21-14-11-20(2,3)12-15(25)16(14)17(24(18)23-19)13-8-6-5-7-9-13/h5-9,17H,4,10-12H2,1-3H3,(H,21,22,23). The number of carbonyl (C=O) groups excluding carboxylic acids is 1. The predicted molar refractivity (Wildman–Crippen MR) is 104 cm³/mol. The van der Waals surface area contributed by atoms with Gasteiger partial charge in [-0.15, -0.1) is 5.10 Å². The molecule has 0 spiro atoms. The van der Waals surface area contributed by atoms with Gasteiger partial charge in [0.1, 0.15) is 6.04 Å². The van der Waals surface area contributed by atoms with Crippen LogP contribution in [0.4, 0.5) is 5.95 Å². The van der Waals surface area contributed by atoms with E-state index in [0.717, 1.165) is 46.5 Å². The number of hydrogen-bond donors (Lipinski definition) is 1. The third kappa shape index (κ3) is 3.07. The quantitative estimate of drug-likeness (QED) is 0.809. The zero-order chi connectivity index (χ0) is 18.3. The number of nitrogens with zero attached hydrogens (tertiary/aromatic N) is 3. The number of rotatable bonds is 4. The van der Waals surface area contributed by atoms with E-state index < -0.39 is 0 Å². The van der Waals surface area contributed by atoms with Crippen LogP contribution < -0.4 is 5.32 Å². The van der Waals surface area contributed by atoms with Gasteiger partial charge in [-0.05, 0) is 23.8 Å². The topological polar surface area (TPSA) is 59.8 Å². The summed E-state index contributed by atoms with van der Waals surface area (Å²) in [5.41, 5.74) is 2.89. The molecule has 0 amide bonds. The molecule has 0 fully saturated rings. The van der Waals surface area contributed by atoms with Crippen LogP contribution in [0.25, 0.3) is 0 Å². The SMILES string of the molecule is CCCSc1nc2n(n1)C(c1ccccc1)C1=C(CC(C)(C)CC1=O)N2. The molecule has 1 aromatic heterocycles. The van der Waals surface area contributed by atoms with Crippen molar-refractivity contribution in [2.75, 3.05) is 11.1 Å². The maximum atomic E-state index is 13.1. The first-order valence-corrected chi connectivity index (χ1v) is 10.1. The van der Waals surface area contributed by atoms with E-state index in [0.29, 0.717) is 6.42 Å². The van der Waals surface area contributed by atoms with E-state index in [1.807, 2.05) is 22.9 Å². The second-order valence-corrected chi connectivity index (χ2v) is 8.84. The largest absolute Gasteiger partial charge is 0.328 e. The predicted octanol–water partition coefficient (Wildman–Crippen LogP) is 4.44. The van der Waals surface area contributed by atoms with Gasteiger partial charge in [0, 0.05) is 23.4 Å². The smallest absolute Gasteiger partial charge is 0.227 e. The maximum Gasteiger partial charge on any atom is 0.227 e. The highest BCUT2D eigenvalue weighted by molar-refractivity contribution is 7.99. The van der Waals surface area contributed by atoms with Gasteiger partial charge in [-0.3, -0.25) is 4.79 Å². The minimum atomic E-state index is -0.200. The van der Waals surface area contributed by atoms with Crippen LogP contribution >= 0.6 is 11.8 Å². The number of Topliss-reactive ketones (excluding diaryl/α,β-unsaturated/α-hetero) is 1. The highest BCUT2D eigenvalue weighted by Gasteiger charge is 2.41. The number of carbonyl (C=O) groups is 1. The van der Waals surface area contributed by atoms with Crippen LogP contribution in [-0.4, -0.2) is 26.3 Å². The molecular formula is C20H24N4OS. The number of allylic oxidation sites excluding steroid dienone is 2. The third-order valence-corrected chi connectivity index (χ3v) is 5.91. The first kappa shape index (κ1) is 17.3. The summed E-state index contributed by atoms with van der Waals surface area (Å²) in [6.45, 7) is 6.44. The fourth-order valence-corrected chi connectivity index (χ4v) is 4.47. The molecule has 0 saturated carbocycles. The summed E-state index contributed by atoms with van der Waals surface area (Å²) in [7, 11) is 0. The lowest BCUT2D eigenvalue weighted by Gasteiger charge is -2.38. The van der Waals surface area contributed by atoms with Crippen molar-refractivity contribution in [3.8, 4) is 0 Å². The zero-order valence-corrected chi connectivity index (χ0v) is 16.3. The van der Waals surface area contributed by atoms with Gasteiger partial charge in [-0.2, -0.15) is 4.98 Å². The Hall–Kier alpha value is -2.08. The molecule has 0 bridgehead atoms. The van der Waals surface area contributed by atoms with E-state index in [9.17, 15) is 4.79 Å². The molecule has 1 aromatic carbocycles. The Balaban J connectivity index is 1.83. The Labute approximate surface area is 158 Å². The minimum Gasteiger partial charge on any atom is -0.328 e. The summed E-state index contributed by atoms with van der Waals surface area (Å²) in [6.07, 6.45) is 2.49. The van der Waals surface area contributed by atoms with Gasteiger partial charge in [0.2, 0.25) is 11.1 Å².